The molecule has 0 spiro atoms. The molecule has 66 valence electrons. The number of halogens is 1. The van der Waals surface area contributed by atoms with Crippen molar-refractivity contribution in [3.8, 4) is 11.8 Å². The highest BCUT2D eigenvalue weighted by molar-refractivity contribution is 5.56. The molecule has 1 rings (SSSR count). The Labute approximate surface area is 71.8 Å². The topological polar surface area (TPSA) is 87.2 Å². The second-order valence-corrected chi connectivity index (χ2v) is 2.16. The van der Waals surface area contributed by atoms with Gasteiger partial charge < -0.3 is 5.11 Å². The molecule has 0 fully saturated rings. The zero-order valence-electron chi connectivity index (χ0n) is 6.19. The van der Waals surface area contributed by atoms with Crippen LogP contribution in [0.2, 0.25) is 0 Å². The Morgan fingerprint density at radius 3 is 2.69 bits per heavy atom. The first-order chi connectivity index (χ1) is 6.07. The molecule has 0 aliphatic carbocycles. The van der Waals surface area contributed by atoms with Gasteiger partial charge in [-0.05, 0) is 6.07 Å². The zero-order valence-corrected chi connectivity index (χ0v) is 6.19. The van der Waals surface area contributed by atoms with E-state index in [-0.39, 0.29) is 0 Å². The van der Waals surface area contributed by atoms with E-state index in [1.807, 2.05) is 0 Å². The summed E-state index contributed by atoms with van der Waals surface area (Å²) in [4.78, 5) is 9.32. The van der Waals surface area contributed by atoms with Crippen LogP contribution in [-0.2, 0) is 0 Å². The molecule has 0 atom stereocenters. The Morgan fingerprint density at radius 2 is 2.23 bits per heavy atom. The van der Waals surface area contributed by atoms with E-state index >= 15 is 0 Å². The standard InChI is InChI=1S/C7H3FN2O3/c8-5-1-2-6(10(12)13)7(11)4(5)3-9/h1-2,11H. The maximum Gasteiger partial charge on any atom is 0.312 e. The molecule has 0 saturated carbocycles. The fraction of sp³-hybridized carbons (Fsp3) is 0. The molecule has 0 aliphatic rings. The minimum absolute atomic E-state index is 0.682. The maximum absolute atomic E-state index is 12.7. The van der Waals surface area contributed by atoms with Crippen LogP contribution in [0.25, 0.3) is 0 Å². The van der Waals surface area contributed by atoms with Gasteiger partial charge in [0.05, 0.1) is 4.92 Å². The van der Waals surface area contributed by atoms with Gasteiger partial charge in [-0.3, -0.25) is 10.1 Å². The molecule has 13 heavy (non-hydrogen) atoms. The van der Waals surface area contributed by atoms with Gasteiger partial charge in [-0.15, -0.1) is 0 Å². The van der Waals surface area contributed by atoms with Crippen molar-refractivity contribution in [1.82, 2.24) is 0 Å². The number of hydrogen-bond acceptors (Lipinski definition) is 4. The van der Waals surface area contributed by atoms with E-state index in [1.54, 1.807) is 0 Å². The third kappa shape index (κ3) is 1.39. The number of nitro groups is 1. The SMILES string of the molecule is N#Cc1c(F)ccc([N+](=O)[O-])c1O. The molecule has 5 nitrogen and oxygen atoms in total. The van der Waals surface area contributed by atoms with Crippen LogP contribution in [0.1, 0.15) is 5.56 Å². The van der Waals surface area contributed by atoms with Crippen molar-refractivity contribution in [3.05, 3.63) is 33.6 Å². The fourth-order valence-electron chi connectivity index (χ4n) is 0.809. The molecular weight excluding hydrogens is 179 g/mol. The van der Waals surface area contributed by atoms with Crippen LogP contribution in [0.3, 0.4) is 0 Å². The first kappa shape index (κ1) is 8.93. The number of phenols is 1. The monoisotopic (exact) mass is 182 g/mol. The summed E-state index contributed by atoms with van der Waals surface area (Å²) in [5.74, 6) is -1.92. The van der Waals surface area contributed by atoms with Crippen LogP contribution >= 0.6 is 0 Å². The Hall–Kier alpha value is -2.16. The van der Waals surface area contributed by atoms with Crippen molar-refractivity contribution in [2.45, 2.75) is 0 Å². The number of benzene rings is 1. The molecule has 1 N–H and O–H groups in total. The summed E-state index contributed by atoms with van der Waals surface area (Å²) >= 11 is 0. The molecule has 0 aromatic heterocycles. The highest BCUT2D eigenvalue weighted by Gasteiger charge is 2.19. The van der Waals surface area contributed by atoms with Crippen molar-refractivity contribution in [2.75, 3.05) is 0 Å². The van der Waals surface area contributed by atoms with Crippen molar-refractivity contribution >= 4 is 5.69 Å². The van der Waals surface area contributed by atoms with Gasteiger partial charge in [-0.1, -0.05) is 0 Å². The van der Waals surface area contributed by atoms with Gasteiger partial charge in [0.1, 0.15) is 17.4 Å². The molecular formula is C7H3FN2O3. The molecule has 0 unspecified atom stereocenters. The van der Waals surface area contributed by atoms with Crippen molar-refractivity contribution in [2.24, 2.45) is 0 Å². The molecule has 1 aromatic rings. The van der Waals surface area contributed by atoms with Crippen molar-refractivity contribution < 1.29 is 14.4 Å². The fourth-order valence-corrected chi connectivity index (χ4v) is 0.809. The molecule has 6 heteroatoms. The van der Waals surface area contributed by atoms with E-state index in [1.165, 1.54) is 6.07 Å². The lowest BCUT2D eigenvalue weighted by atomic mass is 10.2. The minimum Gasteiger partial charge on any atom is -0.501 e. The zero-order chi connectivity index (χ0) is 10.0. The molecule has 1 aromatic carbocycles. The van der Waals surface area contributed by atoms with Crippen LogP contribution in [0.4, 0.5) is 10.1 Å². The lowest BCUT2D eigenvalue weighted by Gasteiger charge is -1.97. The van der Waals surface area contributed by atoms with Crippen LogP contribution in [0, 0.1) is 27.3 Å². The van der Waals surface area contributed by atoms with Crippen LogP contribution in [-0.4, -0.2) is 10.0 Å². The van der Waals surface area contributed by atoms with Gasteiger partial charge in [0, 0.05) is 6.07 Å². The second kappa shape index (κ2) is 3.06. The highest BCUT2D eigenvalue weighted by Crippen LogP contribution is 2.30. The van der Waals surface area contributed by atoms with Crippen LogP contribution < -0.4 is 0 Å². The Bertz CT molecular complexity index is 411. The Kier molecular flexibility index (Phi) is 2.11. The molecule has 0 radical (unpaired) electrons. The van der Waals surface area contributed by atoms with Gasteiger partial charge in [0.25, 0.3) is 0 Å². The average molecular weight is 182 g/mol. The molecule has 0 bridgehead atoms. The van der Waals surface area contributed by atoms with Crippen LogP contribution in [0.15, 0.2) is 12.1 Å². The summed E-state index contributed by atoms with van der Waals surface area (Å²) in [5, 5.41) is 27.6. The number of nitrogens with zero attached hydrogens (tertiary/aromatic N) is 2. The third-order valence-electron chi connectivity index (χ3n) is 1.41. The van der Waals surface area contributed by atoms with Gasteiger partial charge in [0.15, 0.2) is 0 Å². The van der Waals surface area contributed by atoms with E-state index in [9.17, 15) is 14.5 Å². The minimum atomic E-state index is -0.981. The van der Waals surface area contributed by atoms with Crippen molar-refractivity contribution in [1.29, 1.82) is 5.26 Å². The van der Waals surface area contributed by atoms with Gasteiger partial charge in [0.2, 0.25) is 5.75 Å². The van der Waals surface area contributed by atoms with Crippen molar-refractivity contribution in [3.63, 3.8) is 0 Å². The first-order valence-electron chi connectivity index (χ1n) is 3.14. The number of phenolic OH excluding ortho intramolecular Hbond substituents is 1. The number of hydrogen-bond donors (Lipinski definition) is 1. The van der Waals surface area contributed by atoms with E-state index < -0.39 is 27.7 Å². The van der Waals surface area contributed by atoms with E-state index in [4.69, 9.17) is 10.4 Å². The summed E-state index contributed by atoms with van der Waals surface area (Å²) in [7, 11) is 0. The van der Waals surface area contributed by atoms with E-state index in [0.717, 1.165) is 12.1 Å². The summed E-state index contributed by atoms with van der Waals surface area (Å²) < 4.78 is 12.7. The molecule has 0 aliphatic heterocycles. The molecule has 0 amide bonds. The van der Waals surface area contributed by atoms with Crippen LogP contribution in [0.5, 0.6) is 5.75 Å². The Morgan fingerprint density at radius 1 is 1.62 bits per heavy atom. The predicted octanol–water partition coefficient (Wildman–Crippen LogP) is 1.31. The maximum atomic E-state index is 12.7. The average Bonchev–Trinajstić information content (AvgIpc) is 2.04. The lowest BCUT2D eigenvalue weighted by Crippen LogP contribution is -1.92. The first-order valence-corrected chi connectivity index (χ1v) is 3.14. The number of nitriles is 1. The van der Waals surface area contributed by atoms with Gasteiger partial charge >= 0.3 is 5.69 Å². The Balaban J connectivity index is 3.47. The largest absolute Gasteiger partial charge is 0.501 e. The second-order valence-electron chi connectivity index (χ2n) is 2.16. The molecule has 0 heterocycles. The summed E-state index contributed by atoms with van der Waals surface area (Å²) in [6.07, 6.45) is 0. The smallest absolute Gasteiger partial charge is 0.312 e. The predicted molar refractivity (Wildman–Crippen MR) is 39.4 cm³/mol. The summed E-state index contributed by atoms with van der Waals surface area (Å²) in [6.45, 7) is 0. The number of nitro benzene ring substituents is 1. The number of rotatable bonds is 1. The van der Waals surface area contributed by atoms with Gasteiger partial charge in [-0.25, -0.2) is 4.39 Å². The lowest BCUT2D eigenvalue weighted by molar-refractivity contribution is -0.385. The highest BCUT2D eigenvalue weighted by atomic mass is 19.1. The number of aromatic hydroxyl groups is 1. The van der Waals surface area contributed by atoms with E-state index in [0.29, 0.717) is 0 Å². The van der Waals surface area contributed by atoms with Gasteiger partial charge in [-0.2, -0.15) is 5.26 Å². The summed E-state index contributed by atoms with van der Waals surface area (Å²) in [5.41, 5.74) is -1.40. The van der Waals surface area contributed by atoms with E-state index in [2.05, 4.69) is 0 Å². The normalized spacial score (nSPS) is 9.23. The quantitative estimate of drug-likeness (QED) is 0.523. The molecule has 0 saturated heterocycles. The summed E-state index contributed by atoms with van der Waals surface area (Å²) in [6, 6.07) is 2.89. The third-order valence-corrected chi connectivity index (χ3v) is 1.41.